The van der Waals surface area contributed by atoms with Crippen LogP contribution in [0.3, 0.4) is 0 Å². The van der Waals surface area contributed by atoms with Gasteiger partial charge in [0.15, 0.2) is 0 Å². The number of piperidine rings is 1. The lowest BCUT2D eigenvalue weighted by Crippen LogP contribution is -2.30. The number of hydrogen-bond acceptors (Lipinski definition) is 7. The normalized spacial score (nSPS) is 13.4. The van der Waals surface area contributed by atoms with Gasteiger partial charge < -0.3 is 9.64 Å². The number of carbonyl (C=O) groups is 1. The maximum absolute atomic E-state index is 11.7. The Morgan fingerprint density at radius 2 is 1.96 bits per heavy atom. The van der Waals surface area contributed by atoms with Crippen LogP contribution in [-0.4, -0.2) is 31.9 Å². The van der Waals surface area contributed by atoms with Crippen molar-refractivity contribution < 1.29 is 9.53 Å². The molecule has 1 N–H and O–H groups in total. The van der Waals surface area contributed by atoms with Gasteiger partial charge in [-0.15, -0.1) is 0 Å². The highest BCUT2D eigenvalue weighted by atomic mass is 16.5. The van der Waals surface area contributed by atoms with Crippen LogP contribution in [0.15, 0.2) is 23.3 Å². The minimum atomic E-state index is -0.456. The molecule has 0 radical (unpaired) electrons. The molecule has 1 aliphatic heterocycles. The van der Waals surface area contributed by atoms with Crippen LogP contribution in [-0.2, 0) is 4.74 Å². The predicted octanol–water partition coefficient (Wildman–Crippen LogP) is 2.28. The Bertz CT molecular complexity index is 677. The lowest BCUT2D eigenvalue weighted by Gasteiger charge is -2.30. The summed E-state index contributed by atoms with van der Waals surface area (Å²) >= 11 is 0. The summed E-state index contributed by atoms with van der Waals surface area (Å²) in [5.74, 6) is -0.456. The molecule has 1 heterocycles. The zero-order valence-electron chi connectivity index (χ0n) is 12.9. The highest BCUT2D eigenvalue weighted by Gasteiger charge is 2.17. The fourth-order valence-corrected chi connectivity index (χ4v) is 2.47. The second kappa shape index (κ2) is 7.81. The van der Waals surface area contributed by atoms with Crippen LogP contribution in [0.4, 0.5) is 11.4 Å². The molecule has 0 unspecified atom stereocenters. The molecular formula is C16H17N5O2. The van der Waals surface area contributed by atoms with Crippen molar-refractivity contribution in [1.29, 1.82) is 10.5 Å². The number of methoxy groups -OCH3 is 1. The van der Waals surface area contributed by atoms with E-state index < -0.39 is 5.97 Å². The van der Waals surface area contributed by atoms with E-state index >= 15 is 0 Å². The molecule has 1 aromatic rings. The topological polar surface area (TPSA) is 102 Å². The second-order valence-electron chi connectivity index (χ2n) is 5.07. The van der Waals surface area contributed by atoms with E-state index in [1.54, 1.807) is 24.3 Å². The summed E-state index contributed by atoms with van der Waals surface area (Å²) in [6.45, 7) is 1.83. The van der Waals surface area contributed by atoms with Crippen LogP contribution in [0.1, 0.15) is 29.6 Å². The fourth-order valence-electron chi connectivity index (χ4n) is 2.47. The van der Waals surface area contributed by atoms with Gasteiger partial charge in [0.1, 0.15) is 12.1 Å². The quantitative estimate of drug-likeness (QED) is 0.520. The Labute approximate surface area is 134 Å². The van der Waals surface area contributed by atoms with Gasteiger partial charge in [0.25, 0.3) is 0 Å². The van der Waals surface area contributed by atoms with Gasteiger partial charge in [0.05, 0.1) is 24.0 Å². The van der Waals surface area contributed by atoms with Crippen LogP contribution >= 0.6 is 0 Å². The monoisotopic (exact) mass is 311 g/mol. The molecule has 0 saturated carbocycles. The summed E-state index contributed by atoms with van der Waals surface area (Å²) in [6.07, 6.45) is 3.40. The Balaban J connectivity index is 2.36. The van der Waals surface area contributed by atoms with Crippen molar-refractivity contribution in [3.8, 4) is 12.1 Å². The van der Waals surface area contributed by atoms with Crippen molar-refractivity contribution in [1.82, 2.24) is 0 Å². The highest BCUT2D eigenvalue weighted by Crippen LogP contribution is 2.30. The molecular weight excluding hydrogens is 294 g/mol. The van der Waals surface area contributed by atoms with Gasteiger partial charge in [-0.3, -0.25) is 5.43 Å². The van der Waals surface area contributed by atoms with E-state index in [1.165, 1.54) is 13.5 Å². The van der Waals surface area contributed by atoms with Gasteiger partial charge >= 0.3 is 5.97 Å². The number of anilines is 2. The van der Waals surface area contributed by atoms with E-state index in [-0.39, 0.29) is 5.71 Å². The van der Waals surface area contributed by atoms with E-state index in [4.69, 9.17) is 15.3 Å². The van der Waals surface area contributed by atoms with Crippen LogP contribution in [0.5, 0.6) is 0 Å². The number of nitriles is 2. The zero-order chi connectivity index (χ0) is 16.7. The maximum atomic E-state index is 11.7. The molecule has 0 bridgehead atoms. The number of nitrogens with zero attached hydrogens (tertiary/aromatic N) is 4. The van der Waals surface area contributed by atoms with Gasteiger partial charge in [0.2, 0.25) is 5.71 Å². The van der Waals surface area contributed by atoms with Crippen LogP contribution in [0, 0.1) is 22.7 Å². The smallest absolute Gasteiger partial charge is 0.337 e. The zero-order valence-corrected chi connectivity index (χ0v) is 12.9. The predicted molar refractivity (Wildman–Crippen MR) is 86.1 cm³/mol. The number of hydrogen-bond donors (Lipinski definition) is 1. The molecule has 1 aromatic carbocycles. The molecule has 1 saturated heterocycles. The average molecular weight is 311 g/mol. The Hall–Kier alpha value is -3.06. The summed E-state index contributed by atoms with van der Waals surface area (Å²) in [5.41, 5.74) is 4.28. The van der Waals surface area contributed by atoms with Crippen LogP contribution in [0.2, 0.25) is 0 Å². The highest BCUT2D eigenvalue weighted by molar-refractivity contribution is 6.10. The summed E-state index contributed by atoms with van der Waals surface area (Å²) in [4.78, 5) is 13.9. The van der Waals surface area contributed by atoms with Crippen LogP contribution < -0.4 is 10.3 Å². The number of benzene rings is 1. The fraction of sp³-hybridized carbons (Fsp3) is 0.375. The molecule has 1 aliphatic rings. The summed E-state index contributed by atoms with van der Waals surface area (Å²) in [6, 6.07) is 8.52. The molecule has 0 spiro atoms. The van der Waals surface area contributed by atoms with Crippen LogP contribution in [0.25, 0.3) is 0 Å². The number of esters is 1. The molecule has 2 rings (SSSR count). The van der Waals surface area contributed by atoms with Gasteiger partial charge in [-0.1, -0.05) is 0 Å². The van der Waals surface area contributed by atoms with Crippen molar-refractivity contribution >= 4 is 23.1 Å². The second-order valence-corrected chi connectivity index (χ2v) is 5.07. The lowest BCUT2D eigenvalue weighted by molar-refractivity contribution is 0.0601. The molecule has 23 heavy (non-hydrogen) atoms. The first-order valence-corrected chi connectivity index (χ1v) is 7.31. The van der Waals surface area contributed by atoms with Gasteiger partial charge in [-0.05, 0) is 37.5 Å². The third-order valence-corrected chi connectivity index (χ3v) is 3.61. The largest absolute Gasteiger partial charge is 0.465 e. The van der Waals surface area contributed by atoms with Gasteiger partial charge in [0, 0.05) is 13.1 Å². The molecule has 0 amide bonds. The maximum Gasteiger partial charge on any atom is 0.337 e. The third-order valence-electron chi connectivity index (χ3n) is 3.61. The van der Waals surface area contributed by atoms with E-state index in [1.807, 2.05) is 6.07 Å². The van der Waals surface area contributed by atoms with Gasteiger partial charge in [-0.2, -0.15) is 15.6 Å². The molecule has 1 fully saturated rings. The minimum absolute atomic E-state index is 0.280. The van der Waals surface area contributed by atoms with E-state index in [2.05, 4.69) is 15.4 Å². The number of hydrazone groups is 1. The average Bonchev–Trinajstić information content (AvgIpc) is 2.62. The molecule has 7 nitrogen and oxygen atoms in total. The van der Waals surface area contributed by atoms with E-state index in [0.29, 0.717) is 11.3 Å². The number of ether oxygens (including phenoxy) is 1. The molecule has 118 valence electrons. The SMILES string of the molecule is COC(=O)c1ccc(N2CCCCC2)c(NN=C(C#N)C#N)c1. The third kappa shape index (κ3) is 3.98. The number of nitrogens with one attached hydrogen (secondary N) is 1. The standard InChI is InChI=1S/C16H17N5O2/c1-23-16(22)12-5-6-15(21-7-3-2-4-8-21)14(9-12)20-19-13(10-17)11-18/h5-6,9,20H,2-4,7-8H2,1H3. The van der Waals surface area contributed by atoms with E-state index in [0.717, 1.165) is 31.6 Å². The van der Waals surface area contributed by atoms with Crippen molar-refractivity contribution in [3.05, 3.63) is 23.8 Å². The molecule has 0 atom stereocenters. The summed E-state index contributed by atoms with van der Waals surface area (Å²) < 4.78 is 4.72. The van der Waals surface area contributed by atoms with Crippen molar-refractivity contribution in [2.45, 2.75) is 19.3 Å². The first kappa shape index (κ1) is 16.3. The Kier molecular flexibility index (Phi) is 5.54. The van der Waals surface area contributed by atoms with Crippen molar-refractivity contribution in [2.24, 2.45) is 5.10 Å². The van der Waals surface area contributed by atoms with E-state index in [9.17, 15) is 4.79 Å². The first-order chi connectivity index (χ1) is 11.2. The minimum Gasteiger partial charge on any atom is -0.465 e. The van der Waals surface area contributed by atoms with Crippen molar-refractivity contribution in [3.63, 3.8) is 0 Å². The first-order valence-electron chi connectivity index (χ1n) is 7.31. The number of rotatable bonds is 4. The summed E-state index contributed by atoms with van der Waals surface area (Å²) in [7, 11) is 1.32. The van der Waals surface area contributed by atoms with Gasteiger partial charge in [-0.25, -0.2) is 4.79 Å². The molecule has 0 aromatic heterocycles. The summed E-state index contributed by atoms with van der Waals surface area (Å²) in [5, 5.41) is 21.3. The molecule has 0 aliphatic carbocycles. The Morgan fingerprint density at radius 3 is 2.57 bits per heavy atom. The Morgan fingerprint density at radius 1 is 1.26 bits per heavy atom. The number of carbonyl (C=O) groups excluding carboxylic acids is 1. The molecule has 7 heteroatoms. The lowest BCUT2D eigenvalue weighted by atomic mass is 10.1. The van der Waals surface area contributed by atoms with Crippen molar-refractivity contribution in [2.75, 3.05) is 30.5 Å².